The van der Waals surface area contributed by atoms with Gasteiger partial charge in [0, 0.05) is 6.42 Å². The predicted molar refractivity (Wildman–Crippen MR) is 195 cm³/mol. The van der Waals surface area contributed by atoms with Crippen LogP contribution in [-0.2, 0) is 8.85 Å². The van der Waals surface area contributed by atoms with Crippen molar-refractivity contribution >= 4 is 16.6 Å². The van der Waals surface area contributed by atoms with Gasteiger partial charge in [-0.05, 0) is 115 Å². The van der Waals surface area contributed by atoms with Crippen LogP contribution in [0.3, 0.4) is 0 Å². The summed E-state index contributed by atoms with van der Waals surface area (Å²) in [5.41, 5.74) is 4.75. The molecule has 0 heterocycles. The van der Waals surface area contributed by atoms with Crippen molar-refractivity contribution in [1.29, 1.82) is 0 Å². The highest BCUT2D eigenvalue weighted by Gasteiger charge is 2.50. The van der Waals surface area contributed by atoms with Gasteiger partial charge in [-0.3, -0.25) is 0 Å². The van der Waals surface area contributed by atoms with Gasteiger partial charge in [0.05, 0.1) is 12.2 Å². The Morgan fingerprint density at radius 2 is 1.51 bits per heavy atom. The smallest absolute Gasteiger partial charge is 0.192 e. The fourth-order valence-corrected chi connectivity index (χ4v) is 10.7. The zero-order chi connectivity index (χ0) is 32.6. The average Bonchev–Trinajstić information content (AvgIpc) is 3.20. The van der Waals surface area contributed by atoms with Gasteiger partial charge in [0.2, 0.25) is 0 Å². The molecule has 0 spiro atoms. The molecule has 0 amide bonds. The van der Waals surface area contributed by atoms with E-state index in [1.54, 1.807) is 5.57 Å². The number of allylic oxidation sites excluding steroid dienone is 3. The van der Waals surface area contributed by atoms with E-state index in [1.165, 1.54) is 62.5 Å². The average molecular weight is 629 g/mol. The van der Waals surface area contributed by atoms with Gasteiger partial charge in [-0.1, -0.05) is 113 Å². The third-order valence-corrected chi connectivity index (χ3v) is 21.9. The zero-order valence-corrected chi connectivity index (χ0v) is 33.2. The van der Waals surface area contributed by atoms with E-state index >= 15 is 0 Å². The Bertz CT molecular complexity index is 1020. The first kappa shape index (κ1) is 37.0. The van der Waals surface area contributed by atoms with Crippen LogP contribution in [-0.4, -0.2) is 28.8 Å². The number of hydrogen-bond donors (Lipinski definition) is 0. The van der Waals surface area contributed by atoms with Gasteiger partial charge >= 0.3 is 0 Å². The fraction of sp³-hybridized carbons (Fsp3) is 0.846. The Kier molecular flexibility index (Phi) is 11.8. The lowest BCUT2D eigenvalue weighted by molar-refractivity contribution is 0.0927. The van der Waals surface area contributed by atoms with Crippen LogP contribution in [0.1, 0.15) is 133 Å². The maximum absolute atomic E-state index is 7.09. The molecule has 0 radical (unpaired) electrons. The van der Waals surface area contributed by atoms with Crippen LogP contribution in [0.5, 0.6) is 0 Å². The summed E-state index contributed by atoms with van der Waals surface area (Å²) in [7, 11) is -3.86. The van der Waals surface area contributed by atoms with Crippen molar-refractivity contribution in [1.82, 2.24) is 0 Å². The van der Waals surface area contributed by atoms with Crippen LogP contribution in [0.4, 0.5) is 0 Å². The monoisotopic (exact) mass is 629 g/mol. The first-order valence-electron chi connectivity index (χ1n) is 18.0. The van der Waals surface area contributed by atoms with Crippen molar-refractivity contribution in [2.75, 3.05) is 0 Å². The van der Waals surface area contributed by atoms with Crippen molar-refractivity contribution in [3.05, 3.63) is 35.5 Å². The van der Waals surface area contributed by atoms with Crippen LogP contribution < -0.4 is 0 Å². The second-order valence-corrected chi connectivity index (χ2v) is 28.2. The minimum absolute atomic E-state index is 0.0493. The molecule has 0 saturated heterocycles. The number of rotatable bonds is 10. The highest BCUT2D eigenvalue weighted by Crippen LogP contribution is 2.60. The maximum Gasteiger partial charge on any atom is 0.192 e. The maximum atomic E-state index is 7.09. The van der Waals surface area contributed by atoms with E-state index in [2.05, 4.69) is 108 Å². The molecule has 43 heavy (non-hydrogen) atoms. The summed E-state index contributed by atoms with van der Waals surface area (Å²) in [6.07, 6.45) is 18.1. The summed E-state index contributed by atoms with van der Waals surface area (Å²) in [6, 6.07) is 0. The molecule has 4 heteroatoms. The summed E-state index contributed by atoms with van der Waals surface area (Å²) >= 11 is 0. The molecule has 0 N–H and O–H groups in total. The molecule has 6 atom stereocenters. The van der Waals surface area contributed by atoms with Gasteiger partial charge in [-0.15, -0.1) is 0 Å². The van der Waals surface area contributed by atoms with Crippen LogP contribution in [0, 0.1) is 29.1 Å². The number of hydrogen-bond acceptors (Lipinski definition) is 2. The summed E-state index contributed by atoms with van der Waals surface area (Å²) in [5.74, 6) is 3.28. The molecule has 0 aromatic heterocycles. The van der Waals surface area contributed by atoms with Crippen molar-refractivity contribution in [3.8, 4) is 0 Å². The van der Waals surface area contributed by atoms with Gasteiger partial charge in [0.1, 0.15) is 0 Å². The second-order valence-electron chi connectivity index (χ2n) is 18.7. The van der Waals surface area contributed by atoms with Gasteiger partial charge in [0.15, 0.2) is 16.6 Å². The molecule has 0 aromatic carbocycles. The Hall–Kier alpha value is -0.426. The minimum atomic E-state index is -1.95. The molecule has 3 rings (SSSR count). The molecule has 3 fully saturated rings. The summed E-state index contributed by atoms with van der Waals surface area (Å²) < 4.78 is 14.2. The van der Waals surface area contributed by atoms with Crippen molar-refractivity contribution in [2.24, 2.45) is 29.1 Å². The molecular weight excluding hydrogens is 557 g/mol. The molecule has 3 unspecified atom stereocenters. The van der Waals surface area contributed by atoms with Gasteiger partial charge in [-0.25, -0.2) is 0 Å². The van der Waals surface area contributed by atoms with E-state index < -0.39 is 16.6 Å². The van der Waals surface area contributed by atoms with E-state index in [4.69, 9.17) is 15.4 Å². The second kappa shape index (κ2) is 13.7. The van der Waals surface area contributed by atoms with Gasteiger partial charge in [0.25, 0.3) is 0 Å². The zero-order valence-electron chi connectivity index (χ0n) is 31.2. The minimum Gasteiger partial charge on any atom is -0.413 e. The van der Waals surface area contributed by atoms with E-state index in [0.29, 0.717) is 5.41 Å². The van der Waals surface area contributed by atoms with Crippen LogP contribution >= 0.6 is 0 Å². The van der Waals surface area contributed by atoms with E-state index in [1.807, 2.05) is 0 Å². The molecular formula is C39H72O2Si2. The van der Waals surface area contributed by atoms with Gasteiger partial charge < -0.3 is 8.85 Å². The Morgan fingerprint density at radius 1 is 0.907 bits per heavy atom. The summed E-state index contributed by atoms with van der Waals surface area (Å²) in [4.78, 5) is 0. The first-order valence-corrected chi connectivity index (χ1v) is 23.8. The van der Waals surface area contributed by atoms with Crippen LogP contribution in [0.2, 0.25) is 36.3 Å². The van der Waals surface area contributed by atoms with E-state index in [-0.39, 0.29) is 22.3 Å². The number of fused-ring (bicyclic) bond motifs is 1. The summed E-state index contributed by atoms with van der Waals surface area (Å²) in [6.45, 7) is 38.3. The van der Waals surface area contributed by atoms with Crippen molar-refractivity contribution in [3.63, 3.8) is 0 Å². The first-order chi connectivity index (χ1) is 19.6. The quantitative estimate of drug-likeness (QED) is 0.224. The molecule has 2 nitrogen and oxygen atoms in total. The molecule has 0 aliphatic heterocycles. The Morgan fingerprint density at radius 3 is 2.09 bits per heavy atom. The largest absolute Gasteiger partial charge is 0.413 e. The van der Waals surface area contributed by atoms with Crippen LogP contribution in [0.25, 0.3) is 0 Å². The fourth-order valence-electron chi connectivity index (χ4n) is 8.03. The molecule has 3 saturated carbocycles. The van der Waals surface area contributed by atoms with Gasteiger partial charge in [-0.2, -0.15) is 0 Å². The molecule has 248 valence electrons. The molecule has 3 aliphatic carbocycles. The normalized spacial score (nSPS) is 32.1. The lowest BCUT2D eigenvalue weighted by Gasteiger charge is -2.46. The third-order valence-electron chi connectivity index (χ3n) is 12.9. The lowest BCUT2D eigenvalue weighted by Crippen LogP contribution is -2.49. The summed E-state index contributed by atoms with van der Waals surface area (Å²) in [5, 5.41) is 0.366. The molecule has 0 bridgehead atoms. The van der Waals surface area contributed by atoms with Crippen molar-refractivity contribution < 1.29 is 8.85 Å². The van der Waals surface area contributed by atoms with Crippen molar-refractivity contribution in [2.45, 2.75) is 182 Å². The Balaban J connectivity index is 1.87. The predicted octanol–water partition coefficient (Wildman–Crippen LogP) is 12.6. The Labute approximate surface area is 271 Å². The lowest BCUT2D eigenvalue weighted by atomic mass is 9.60. The van der Waals surface area contributed by atoms with Crippen LogP contribution in [0.15, 0.2) is 35.5 Å². The SMILES string of the molecule is C=C1/C(=C/C=C2CCC[C@]3(C)[C@@H](C(C)CCCC(C)C)CC[C@@H]23)CC(O[Si](C)(C)C(C)(C)C)CC1O[Si](C)(C)C(C)(C)C. The highest BCUT2D eigenvalue weighted by molar-refractivity contribution is 6.74. The molecule has 0 aromatic rings. The molecule has 3 aliphatic rings. The third kappa shape index (κ3) is 8.69. The topological polar surface area (TPSA) is 18.5 Å². The highest BCUT2D eigenvalue weighted by atomic mass is 28.4. The van der Waals surface area contributed by atoms with E-state index in [9.17, 15) is 0 Å². The standard InChI is InChI=1S/C39H72O2Si2/c1-28(2)18-16-19-29(3)34-23-24-35-31(20-17-25-39(34,35)11)21-22-32-26-33(40-42(12,13)37(5,6)7)27-36(30(32)4)41-43(14,15)38(8,9)10/h21-22,28-29,33-36H,4,16-20,23-27H2,1-3,5-15H3/b31-21?,32-22+/t29?,33?,34-,35+,36?,39-/m1/s1. The van der Waals surface area contributed by atoms with E-state index in [0.717, 1.165) is 36.5 Å².